The molecule has 7 nitrogen and oxygen atoms in total. The van der Waals surface area contributed by atoms with Crippen LogP contribution in [0.1, 0.15) is 24.2 Å². The van der Waals surface area contributed by atoms with Crippen molar-refractivity contribution in [2.24, 2.45) is 5.92 Å². The van der Waals surface area contributed by atoms with Gasteiger partial charge in [-0.1, -0.05) is 0 Å². The second kappa shape index (κ2) is 7.24. The third kappa shape index (κ3) is 4.18. The lowest BCUT2D eigenvalue weighted by Crippen LogP contribution is -2.26. The first-order valence-corrected chi connectivity index (χ1v) is 6.58. The highest BCUT2D eigenvalue weighted by molar-refractivity contribution is 5.96. The summed E-state index contributed by atoms with van der Waals surface area (Å²) < 4.78 is 0. The topological polar surface area (TPSA) is 99.3 Å². The van der Waals surface area contributed by atoms with Crippen LogP contribution in [-0.4, -0.2) is 31.0 Å². The van der Waals surface area contributed by atoms with Gasteiger partial charge in [0.2, 0.25) is 0 Å². The maximum Gasteiger partial charge on any atom is 0.292 e. The second-order valence-electron chi connectivity index (χ2n) is 4.73. The summed E-state index contributed by atoms with van der Waals surface area (Å²) in [6.07, 6.45) is 0. The van der Waals surface area contributed by atoms with Crippen LogP contribution >= 0.6 is 0 Å². The molecule has 0 saturated heterocycles. The van der Waals surface area contributed by atoms with Gasteiger partial charge in [-0.15, -0.1) is 0 Å². The summed E-state index contributed by atoms with van der Waals surface area (Å²) in [4.78, 5) is 24.1. The zero-order valence-corrected chi connectivity index (χ0v) is 12.3. The van der Waals surface area contributed by atoms with E-state index in [1.165, 1.54) is 18.2 Å². The van der Waals surface area contributed by atoms with E-state index in [2.05, 4.69) is 11.4 Å². The van der Waals surface area contributed by atoms with E-state index in [9.17, 15) is 14.9 Å². The van der Waals surface area contributed by atoms with E-state index in [-0.39, 0.29) is 17.5 Å². The lowest BCUT2D eigenvalue weighted by molar-refractivity contribution is -0.384. The molecule has 1 N–H and O–H groups in total. The average Bonchev–Trinajstić information content (AvgIpc) is 2.46. The first-order chi connectivity index (χ1) is 9.90. The number of hydrogen-bond donors (Lipinski definition) is 1. The normalized spacial score (nSPS) is 11.3. The van der Waals surface area contributed by atoms with Crippen LogP contribution in [0.4, 0.5) is 11.4 Å². The minimum Gasteiger partial charge on any atom is -0.368 e. The average molecular weight is 290 g/mol. The van der Waals surface area contributed by atoms with Gasteiger partial charge < -0.3 is 10.2 Å². The molecule has 0 aliphatic heterocycles. The number of nitro groups is 1. The Balaban J connectivity index is 3.18. The minimum absolute atomic E-state index is 0.0873. The SMILES string of the molecule is CCNC(=O)c1ccc([N+](=O)[O-])c(N(C)CC(C)C#N)c1. The minimum atomic E-state index is -0.496. The van der Waals surface area contributed by atoms with E-state index >= 15 is 0 Å². The number of nitro benzene ring substituents is 1. The first-order valence-electron chi connectivity index (χ1n) is 6.58. The summed E-state index contributed by atoms with van der Waals surface area (Å²) in [6.45, 7) is 4.35. The van der Waals surface area contributed by atoms with Gasteiger partial charge in [-0.05, 0) is 26.0 Å². The molecule has 0 heterocycles. The molecular weight excluding hydrogens is 272 g/mol. The number of anilines is 1. The summed E-state index contributed by atoms with van der Waals surface area (Å²) in [5.74, 6) is -0.557. The Morgan fingerprint density at radius 2 is 2.24 bits per heavy atom. The number of nitrogens with zero attached hydrogens (tertiary/aromatic N) is 3. The number of amides is 1. The molecule has 7 heteroatoms. The zero-order chi connectivity index (χ0) is 16.0. The second-order valence-corrected chi connectivity index (χ2v) is 4.73. The van der Waals surface area contributed by atoms with Gasteiger partial charge in [-0.3, -0.25) is 14.9 Å². The monoisotopic (exact) mass is 290 g/mol. The molecule has 21 heavy (non-hydrogen) atoms. The Hall–Kier alpha value is -2.62. The molecule has 1 amide bonds. The van der Waals surface area contributed by atoms with E-state index in [1.807, 2.05) is 0 Å². The molecule has 1 unspecified atom stereocenters. The van der Waals surface area contributed by atoms with E-state index < -0.39 is 4.92 Å². The van der Waals surface area contributed by atoms with Crippen molar-refractivity contribution in [2.45, 2.75) is 13.8 Å². The Morgan fingerprint density at radius 1 is 1.57 bits per heavy atom. The smallest absolute Gasteiger partial charge is 0.292 e. The van der Waals surface area contributed by atoms with Crippen LogP contribution in [0.3, 0.4) is 0 Å². The third-order valence-electron chi connectivity index (χ3n) is 2.95. The Bertz CT molecular complexity index is 580. The van der Waals surface area contributed by atoms with Gasteiger partial charge in [-0.2, -0.15) is 5.26 Å². The van der Waals surface area contributed by atoms with Crippen LogP contribution in [0.25, 0.3) is 0 Å². The molecule has 0 spiro atoms. The third-order valence-corrected chi connectivity index (χ3v) is 2.95. The van der Waals surface area contributed by atoms with E-state index in [0.29, 0.717) is 24.3 Å². The van der Waals surface area contributed by atoms with Gasteiger partial charge in [0.25, 0.3) is 11.6 Å². The molecule has 0 aliphatic rings. The van der Waals surface area contributed by atoms with Crippen molar-refractivity contribution in [1.82, 2.24) is 5.32 Å². The summed E-state index contributed by atoms with van der Waals surface area (Å²) >= 11 is 0. The van der Waals surface area contributed by atoms with Gasteiger partial charge >= 0.3 is 0 Å². The standard InChI is InChI=1S/C14H18N4O3/c1-4-16-14(19)11-5-6-12(18(20)21)13(7-11)17(3)9-10(2)8-15/h5-7,10H,4,9H2,1-3H3,(H,16,19). The Kier molecular flexibility index (Phi) is 5.67. The molecular formula is C14H18N4O3. The van der Waals surface area contributed by atoms with Crippen molar-refractivity contribution in [3.8, 4) is 6.07 Å². The molecule has 0 saturated carbocycles. The highest BCUT2D eigenvalue weighted by atomic mass is 16.6. The highest BCUT2D eigenvalue weighted by Gasteiger charge is 2.20. The van der Waals surface area contributed by atoms with Crippen molar-refractivity contribution < 1.29 is 9.72 Å². The maximum atomic E-state index is 11.8. The largest absolute Gasteiger partial charge is 0.368 e. The summed E-state index contributed by atoms with van der Waals surface area (Å²) in [5, 5.41) is 22.6. The number of hydrogen-bond acceptors (Lipinski definition) is 5. The Labute approximate surface area is 123 Å². The molecule has 0 fully saturated rings. The van der Waals surface area contributed by atoms with Crippen molar-refractivity contribution in [2.75, 3.05) is 25.0 Å². The van der Waals surface area contributed by atoms with Gasteiger partial charge in [0.1, 0.15) is 5.69 Å². The Morgan fingerprint density at radius 3 is 2.76 bits per heavy atom. The molecule has 1 atom stereocenters. The summed E-state index contributed by atoms with van der Waals surface area (Å²) in [5.41, 5.74) is 0.593. The molecule has 1 aromatic rings. The predicted molar refractivity (Wildman–Crippen MR) is 79.2 cm³/mol. The van der Waals surface area contributed by atoms with Crippen molar-refractivity contribution in [3.63, 3.8) is 0 Å². The lowest BCUT2D eigenvalue weighted by atomic mass is 10.1. The van der Waals surface area contributed by atoms with E-state index in [4.69, 9.17) is 5.26 Å². The first kappa shape index (κ1) is 16.4. The van der Waals surface area contributed by atoms with E-state index in [0.717, 1.165) is 0 Å². The number of carbonyl (C=O) groups excluding carboxylic acids is 1. The van der Waals surface area contributed by atoms with Crippen LogP contribution in [-0.2, 0) is 0 Å². The van der Waals surface area contributed by atoms with Gasteiger partial charge in [0.15, 0.2) is 0 Å². The van der Waals surface area contributed by atoms with Gasteiger partial charge in [0.05, 0.1) is 16.9 Å². The highest BCUT2D eigenvalue weighted by Crippen LogP contribution is 2.29. The van der Waals surface area contributed by atoms with Crippen LogP contribution in [0.15, 0.2) is 18.2 Å². The summed E-state index contributed by atoms with van der Waals surface area (Å²) in [7, 11) is 1.66. The number of nitrogens with one attached hydrogen (secondary N) is 1. The van der Waals surface area contributed by atoms with Crippen LogP contribution in [0.5, 0.6) is 0 Å². The molecule has 0 bridgehead atoms. The molecule has 112 valence electrons. The number of benzene rings is 1. The quantitative estimate of drug-likeness (QED) is 0.637. The van der Waals surface area contributed by atoms with Crippen molar-refractivity contribution in [3.05, 3.63) is 33.9 Å². The molecule has 0 aliphatic carbocycles. The van der Waals surface area contributed by atoms with Gasteiger partial charge in [0, 0.05) is 31.8 Å². The number of nitriles is 1. The zero-order valence-electron chi connectivity index (χ0n) is 12.3. The van der Waals surface area contributed by atoms with Crippen molar-refractivity contribution >= 4 is 17.3 Å². The van der Waals surface area contributed by atoms with Crippen LogP contribution in [0.2, 0.25) is 0 Å². The number of rotatable bonds is 6. The predicted octanol–water partition coefficient (Wildman–Crippen LogP) is 1.94. The van der Waals surface area contributed by atoms with Crippen molar-refractivity contribution in [1.29, 1.82) is 5.26 Å². The fourth-order valence-corrected chi connectivity index (χ4v) is 1.94. The fourth-order valence-electron chi connectivity index (χ4n) is 1.94. The molecule has 1 aromatic carbocycles. The van der Waals surface area contributed by atoms with Crippen LogP contribution < -0.4 is 10.2 Å². The van der Waals surface area contributed by atoms with Gasteiger partial charge in [-0.25, -0.2) is 0 Å². The molecule has 1 rings (SSSR count). The lowest BCUT2D eigenvalue weighted by Gasteiger charge is -2.20. The molecule has 0 radical (unpaired) electrons. The van der Waals surface area contributed by atoms with Crippen LogP contribution in [0, 0.1) is 27.4 Å². The maximum absolute atomic E-state index is 11.8. The summed E-state index contributed by atoms with van der Waals surface area (Å²) in [6, 6.07) is 6.30. The fraction of sp³-hybridized carbons (Fsp3) is 0.429. The van der Waals surface area contributed by atoms with E-state index in [1.54, 1.807) is 25.8 Å². The number of carbonyl (C=O) groups is 1. The molecule has 0 aromatic heterocycles.